The number of halogens is 2. The lowest BCUT2D eigenvalue weighted by Gasteiger charge is -2.32. The fourth-order valence-electron chi connectivity index (χ4n) is 5.39. The lowest BCUT2D eigenvalue weighted by Crippen LogP contribution is -2.45. The van der Waals surface area contributed by atoms with Gasteiger partial charge in [-0.2, -0.15) is 4.98 Å². The van der Waals surface area contributed by atoms with Gasteiger partial charge >= 0.3 is 0 Å². The number of carbonyl (C=O) groups excluding carboxylic acids is 1. The smallest absolute Gasteiger partial charge is 0.253 e. The molecular weight excluding hydrogens is 605 g/mol. The molecule has 232 valence electrons. The van der Waals surface area contributed by atoms with Crippen molar-refractivity contribution in [1.82, 2.24) is 24.5 Å². The van der Waals surface area contributed by atoms with Gasteiger partial charge in [0, 0.05) is 51.9 Å². The van der Waals surface area contributed by atoms with E-state index in [-0.39, 0.29) is 35.0 Å². The molecule has 2 heterocycles. The van der Waals surface area contributed by atoms with Crippen molar-refractivity contribution in [2.45, 2.75) is 50.2 Å². The average Bonchev–Trinajstić information content (AvgIpc) is 3.41. The van der Waals surface area contributed by atoms with Crippen LogP contribution in [0.1, 0.15) is 42.5 Å². The molecule has 2 aliphatic rings. The second-order valence-corrected chi connectivity index (χ2v) is 13.5. The number of sulfonamides is 1. The summed E-state index contributed by atoms with van der Waals surface area (Å²) in [5.74, 6) is 0.722. The number of likely N-dealkylation sites (N-methyl/N-ethyl adjacent to an activating group) is 1. The molecule has 0 radical (unpaired) electrons. The highest BCUT2D eigenvalue weighted by atomic mass is 35.5. The summed E-state index contributed by atoms with van der Waals surface area (Å²) in [7, 11) is 1.43. The number of benzene rings is 1. The molecule has 0 spiro atoms. The van der Waals surface area contributed by atoms with Crippen LogP contribution in [0.25, 0.3) is 0 Å². The van der Waals surface area contributed by atoms with E-state index in [0.29, 0.717) is 34.4 Å². The van der Waals surface area contributed by atoms with Crippen molar-refractivity contribution in [3.05, 3.63) is 33.9 Å². The summed E-state index contributed by atoms with van der Waals surface area (Å²) >= 11 is 13.0. The maximum atomic E-state index is 13.1. The van der Waals surface area contributed by atoms with E-state index in [9.17, 15) is 13.2 Å². The van der Waals surface area contributed by atoms with Crippen molar-refractivity contribution < 1.29 is 22.7 Å². The second kappa shape index (κ2) is 14.4. The van der Waals surface area contributed by atoms with E-state index >= 15 is 0 Å². The van der Waals surface area contributed by atoms with Gasteiger partial charge in [-0.25, -0.2) is 17.7 Å². The number of anilines is 3. The van der Waals surface area contributed by atoms with Crippen LogP contribution in [-0.4, -0.2) is 105 Å². The van der Waals surface area contributed by atoms with E-state index in [1.54, 1.807) is 26.3 Å². The maximum Gasteiger partial charge on any atom is 0.253 e. The van der Waals surface area contributed by atoms with Gasteiger partial charge in [0.2, 0.25) is 16.0 Å². The predicted octanol–water partition coefficient (Wildman–Crippen LogP) is 3.60. The number of ether oxygens (including phenoxy) is 2. The van der Waals surface area contributed by atoms with Gasteiger partial charge in [-0.3, -0.25) is 4.79 Å². The number of nitrogens with zero attached hydrogens (tertiary/aromatic N) is 4. The normalized spacial score (nSPS) is 20.1. The first-order valence-electron chi connectivity index (χ1n) is 13.9. The molecule has 1 aromatic carbocycles. The molecule has 4 rings (SSSR count). The molecule has 1 saturated heterocycles. The third-order valence-corrected chi connectivity index (χ3v) is 9.76. The van der Waals surface area contributed by atoms with Gasteiger partial charge in [-0.1, -0.05) is 23.2 Å². The highest BCUT2D eigenvalue weighted by Crippen LogP contribution is 2.34. The van der Waals surface area contributed by atoms with Crippen LogP contribution in [0.15, 0.2) is 18.3 Å². The van der Waals surface area contributed by atoms with Crippen molar-refractivity contribution in [2.75, 3.05) is 64.4 Å². The molecular formula is C27H39Cl2N7O5S. The number of hydrogen-bond acceptors (Lipinski definition) is 10. The van der Waals surface area contributed by atoms with Crippen molar-refractivity contribution in [1.29, 1.82) is 0 Å². The van der Waals surface area contributed by atoms with Crippen molar-refractivity contribution in [3.8, 4) is 5.75 Å². The Morgan fingerprint density at radius 2 is 1.88 bits per heavy atom. The van der Waals surface area contributed by atoms with E-state index in [4.69, 9.17) is 32.7 Å². The van der Waals surface area contributed by atoms with Gasteiger partial charge in [0.1, 0.15) is 10.8 Å². The van der Waals surface area contributed by atoms with Crippen LogP contribution in [0.2, 0.25) is 10.0 Å². The van der Waals surface area contributed by atoms with Crippen LogP contribution in [0.5, 0.6) is 5.75 Å². The Labute approximate surface area is 257 Å². The Morgan fingerprint density at radius 1 is 1.14 bits per heavy atom. The topological polar surface area (TPSA) is 138 Å². The maximum absolute atomic E-state index is 13.1. The first kappa shape index (κ1) is 32.5. The molecule has 12 nitrogen and oxygen atoms in total. The number of carbonyl (C=O) groups is 1. The lowest BCUT2D eigenvalue weighted by atomic mass is 10.0. The Kier molecular flexibility index (Phi) is 11.1. The summed E-state index contributed by atoms with van der Waals surface area (Å²) in [4.78, 5) is 24.2. The monoisotopic (exact) mass is 643 g/mol. The van der Waals surface area contributed by atoms with Crippen LogP contribution in [0.4, 0.5) is 17.5 Å². The molecule has 0 bridgehead atoms. The first-order chi connectivity index (χ1) is 20.0. The molecule has 1 aromatic heterocycles. The van der Waals surface area contributed by atoms with Gasteiger partial charge in [0.25, 0.3) is 5.91 Å². The largest absolute Gasteiger partial charge is 0.495 e. The molecule has 2 atom stereocenters. The van der Waals surface area contributed by atoms with Crippen molar-refractivity contribution in [2.24, 2.45) is 0 Å². The molecule has 15 heteroatoms. The molecule has 3 N–H and O–H groups in total. The number of methoxy groups -OCH3 is 2. The molecule has 1 saturated carbocycles. The SMILES string of the molecule is COCCN1CCC(NC(=O)c2cc(OC)c(Nc3ncc(Cl)c(N[C@@H]4CCC[C@H]4N(C)S(C)(=O)=O)n3)cc2Cl)CC1. The average molecular weight is 645 g/mol. The fourth-order valence-corrected chi connectivity index (χ4v) is 6.53. The highest BCUT2D eigenvalue weighted by Gasteiger charge is 2.35. The number of hydrogen-bond donors (Lipinski definition) is 3. The summed E-state index contributed by atoms with van der Waals surface area (Å²) in [5, 5.41) is 10.1. The summed E-state index contributed by atoms with van der Waals surface area (Å²) in [6.45, 7) is 3.35. The van der Waals surface area contributed by atoms with Crippen molar-refractivity contribution >= 4 is 56.6 Å². The minimum absolute atomic E-state index is 0.0567. The molecule has 1 aliphatic heterocycles. The Bertz CT molecular complexity index is 1360. The molecule has 0 unspecified atom stereocenters. The third-order valence-electron chi connectivity index (χ3n) is 7.85. The van der Waals surface area contributed by atoms with E-state index < -0.39 is 10.0 Å². The Balaban J connectivity index is 1.44. The molecule has 1 amide bonds. The third kappa shape index (κ3) is 8.14. The molecule has 42 heavy (non-hydrogen) atoms. The zero-order valence-corrected chi connectivity index (χ0v) is 26.7. The summed E-state index contributed by atoms with van der Waals surface area (Å²) in [6.07, 6.45) is 6.73. The zero-order valence-electron chi connectivity index (χ0n) is 24.3. The number of aromatic nitrogens is 2. The molecule has 2 fully saturated rings. The molecule has 1 aliphatic carbocycles. The van der Waals surface area contributed by atoms with E-state index in [1.165, 1.54) is 23.9 Å². The minimum Gasteiger partial charge on any atom is -0.495 e. The lowest BCUT2D eigenvalue weighted by molar-refractivity contribution is 0.0892. The summed E-state index contributed by atoms with van der Waals surface area (Å²) < 4.78 is 36.3. The predicted molar refractivity (Wildman–Crippen MR) is 165 cm³/mol. The van der Waals surface area contributed by atoms with E-state index in [0.717, 1.165) is 51.7 Å². The van der Waals surface area contributed by atoms with Crippen LogP contribution >= 0.6 is 23.2 Å². The number of nitrogens with one attached hydrogen (secondary N) is 3. The van der Waals surface area contributed by atoms with Gasteiger partial charge < -0.3 is 30.3 Å². The van der Waals surface area contributed by atoms with Gasteiger partial charge in [-0.05, 0) is 44.2 Å². The number of likely N-dealkylation sites (tertiary alicyclic amines) is 1. The summed E-state index contributed by atoms with van der Waals surface area (Å²) in [5.41, 5.74) is 0.775. The first-order valence-corrected chi connectivity index (χ1v) is 16.5. The highest BCUT2D eigenvalue weighted by molar-refractivity contribution is 7.88. The number of rotatable bonds is 12. The number of piperidine rings is 1. The van der Waals surface area contributed by atoms with Crippen LogP contribution in [0.3, 0.4) is 0 Å². The Hall–Kier alpha value is -2.42. The standard InChI is InChI=1S/C27H39Cl2N7O5S/c1-35(42(4,38)39)23-7-5-6-21(23)32-25-20(29)16-30-27(34-25)33-22-15-19(28)18(14-24(22)41-3)26(37)31-17-8-10-36(11-9-17)12-13-40-2/h14-17,21,23H,5-13H2,1-4H3,(H,31,37)(H2,30,32,33,34)/t21-,23-/m1/s1. The molecule has 2 aromatic rings. The zero-order chi connectivity index (χ0) is 30.4. The quantitative estimate of drug-likeness (QED) is 0.314. The summed E-state index contributed by atoms with van der Waals surface area (Å²) in [6, 6.07) is 2.86. The van der Waals surface area contributed by atoms with Gasteiger partial charge in [-0.15, -0.1) is 0 Å². The van der Waals surface area contributed by atoms with Gasteiger partial charge in [0.05, 0.1) is 42.4 Å². The van der Waals surface area contributed by atoms with Crippen LogP contribution in [0, 0.1) is 0 Å². The Morgan fingerprint density at radius 3 is 2.55 bits per heavy atom. The second-order valence-electron chi connectivity index (χ2n) is 10.7. The van der Waals surface area contributed by atoms with Crippen LogP contribution < -0.4 is 20.7 Å². The minimum atomic E-state index is -3.35. The van der Waals surface area contributed by atoms with Crippen LogP contribution in [-0.2, 0) is 14.8 Å². The van der Waals surface area contributed by atoms with Crippen molar-refractivity contribution in [3.63, 3.8) is 0 Å². The fraction of sp³-hybridized carbons (Fsp3) is 0.593. The van der Waals surface area contributed by atoms with E-state index in [1.807, 2.05) is 0 Å². The van der Waals surface area contributed by atoms with Gasteiger partial charge in [0.15, 0.2) is 5.82 Å². The number of amides is 1. The van der Waals surface area contributed by atoms with E-state index in [2.05, 4.69) is 30.8 Å².